The molecule has 1 saturated heterocycles. The van der Waals surface area contributed by atoms with E-state index in [1.807, 2.05) is 20.8 Å². The molecular formula is C24H28FNO5. The van der Waals surface area contributed by atoms with Gasteiger partial charge in [0.2, 0.25) is 0 Å². The minimum absolute atomic E-state index is 0.0362. The largest absolute Gasteiger partial charge is 0.493 e. The molecule has 0 unspecified atom stereocenters. The van der Waals surface area contributed by atoms with Crippen LogP contribution < -0.4 is 4.74 Å². The number of likely N-dealkylation sites (tertiary alicyclic amines) is 1. The third kappa shape index (κ3) is 6.20. The first-order valence-electron chi connectivity index (χ1n) is 10.3. The number of rotatable bonds is 5. The first-order chi connectivity index (χ1) is 14.6. The van der Waals surface area contributed by atoms with Crippen LogP contribution in [-0.2, 0) is 4.74 Å². The number of aromatic carboxylic acids is 1. The van der Waals surface area contributed by atoms with Crippen LogP contribution in [0.25, 0.3) is 0 Å². The molecule has 1 fully saturated rings. The number of carboxylic acid groups (broad SMARTS) is 1. The van der Waals surface area contributed by atoms with Gasteiger partial charge >= 0.3 is 12.1 Å². The first kappa shape index (κ1) is 22.6. The van der Waals surface area contributed by atoms with Gasteiger partial charge in [0.15, 0.2) is 0 Å². The Morgan fingerprint density at radius 2 is 1.74 bits per heavy atom. The second-order valence-corrected chi connectivity index (χ2v) is 8.77. The lowest BCUT2D eigenvalue weighted by Gasteiger charge is -2.39. The molecule has 3 rings (SSSR count). The Hall–Kier alpha value is -3.09. The molecule has 0 bridgehead atoms. The van der Waals surface area contributed by atoms with Crippen molar-refractivity contribution in [2.24, 2.45) is 5.92 Å². The van der Waals surface area contributed by atoms with Crippen molar-refractivity contribution < 1.29 is 28.6 Å². The van der Waals surface area contributed by atoms with E-state index in [1.54, 1.807) is 29.2 Å². The zero-order chi connectivity index (χ0) is 22.6. The van der Waals surface area contributed by atoms with E-state index in [-0.39, 0.29) is 29.3 Å². The highest BCUT2D eigenvalue weighted by Crippen LogP contribution is 2.34. The fourth-order valence-electron chi connectivity index (χ4n) is 3.74. The van der Waals surface area contributed by atoms with Crippen LogP contribution in [0.2, 0.25) is 0 Å². The van der Waals surface area contributed by atoms with Crippen LogP contribution >= 0.6 is 0 Å². The van der Waals surface area contributed by atoms with Gasteiger partial charge in [0.1, 0.15) is 17.2 Å². The van der Waals surface area contributed by atoms with Crippen LogP contribution in [0.1, 0.15) is 49.0 Å². The molecule has 0 aliphatic carbocycles. The number of carbonyl (C=O) groups is 2. The third-order valence-electron chi connectivity index (χ3n) is 5.25. The van der Waals surface area contributed by atoms with Crippen LogP contribution in [0, 0.1) is 11.7 Å². The van der Waals surface area contributed by atoms with Crippen molar-refractivity contribution in [2.45, 2.75) is 38.7 Å². The molecule has 0 radical (unpaired) electrons. The lowest BCUT2D eigenvalue weighted by atomic mass is 9.81. The molecule has 7 heteroatoms. The predicted molar refractivity (Wildman–Crippen MR) is 114 cm³/mol. The lowest BCUT2D eigenvalue weighted by molar-refractivity contribution is 0.0111. The molecular weight excluding hydrogens is 401 g/mol. The molecule has 0 aromatic heterocycles. The highest BCUT2D eigenvalue weighted by molar-refractivity contribution is 5.87. The Labute approximate surface area is 181 Å². The molecule has 1 aliphatic rings. The Morgan fingerprint density at radius 1 is 1.10 bits per heavy atom. The molecule has 6 nitrogen and oxygen atoms in total. The quantitative estimate of drug-likeness (QED) is 0.728. The monoisotopic (exact) mass is 429 g/mol. The molecule has 1 amide bonds. The number of amides is 1. The number of hydrogen-bond donors (Lipinski definition) is 1. The standard InChI is InChI=1S/C24H28FNO5/c1-24(2,3)31-23(29)26-13-12-21(16-4-8-19(25)9-5-16)18(14-26)15-30-20-10-6-17(7-11-20)22(27)28/h4-11,18,21H,12-15H2,1-3H3,(H,27,28)/t18-,21-/m0/s1. The number of ether oxygens (including phenoxy) is 2. The van der Waals surface area contributed by atoms with Gasteiger partial charge in [-0.2, -0.15) is 0 Å². The third-order valence-corrected chi connectivity index (χ3v) is 5.25. The molecule has 1 N–H and O–H groups in total. The number of benzene rings is 2. The first-order valence-corrected chi connectivity index (χ1v) is 10.3. The summed E-state index contributed by atoms with van der Waals surface area (Å²) >= 11 is 0. The van der Waals surface area contributed by atoms with E-state index in [0.717, 1.165) is 5.56 Å². The van der Waals surface area contributed by atoms with E-state index in [1.165, 1.54) is 24.3 Å². The molecule has 0 spiro atoms. The van der Waals surface area contributed by atoms with Gasteiger partial charge in [-0.15, -0.1) is 0 Å². The van der Waals surface area contributed by atoms with Crippen molar-refractivity contribution in [2.75, 3.05) is 19.7 Å². The Balaban J connectivity index is 1.74. The summed E-state index contributed by atoms with van der Waals surface area (Å²) in [6.07, 6.45) is 0.345. The minimum Gasteiger partial charge on any atom is -0.493 e. The smallest absolute Gasteiger partial charge is 0.410 e. The summed E-state index contributed by atoms with van der Waals surface area (Å²) in [5.74, 6) is -0.676. The zero-order valence-electron chi connectivity index (χ0n) is 18.0. The van der Waals surface area contributed by atoms with Crippen LogP contribution in [0.15, 0.2) is 48.5 Å². The summed E-state index contributed by atoms with van der Waals surface area (Å²) in [5.41, 5.74) is 0.605. The summed E-state index contributed by atoms with van der Waals surface area (Å²) < 4.78 is 24.9. The van der Waals surface area contributed by atoms with Gasteiger partial charge in [0, 0.05) is 19.0 Å². The second-order valence-electron chi connectivity index (χ2n) is 8.77. The molecule has 2 aromatic rings. The molecule has 2 atom stereocenters. The molecule has 31 heavy (non-hydrogen) atoms. The van der Waals surface area contributed by atoms with E-state index < -0.39 is 11.6 Å². The van der Waals surface area contributed by atoms with Gasteiger partial charge in [-0.3, -0.25) is 0 Å². The highest BCUT2D eigenvalue weighted by Gasteiger charge is 2.34. The Kier molecular flexibility index (Phi) is 6.83. The number of piperidine rings is 1. The van der Waals surface area contributed by atoms with Crippen LogP contribution in [0.3, 0.4) is 0 Å². The minimum atomic E-state index is -0.997. The van der Waals surface area contributed by atoms with E-state index >= 15 is 0 Å². The lowest BCUT2D eigenvalue weighted by Crippen LogP contribution is -2.46. The summed E-state index contributed by atoms with van der Waals surface area (Å²) in [6, 6.07) is 12.6. The summed E-state index contributed by atoms with van der Waals surface area (Å²) in [6.45, 7) is 6.81. The van der Waals surface area contributed by atoms with Crippen LogP contribution in [-0.4, -0.2) is 47.4 Å². The Morgan fingerprint density at radius 3 is 2.32 bits per heavy atom. The second kappa shape index (κ2) is 9.37. The van der Waals surface area contributed by atoms with E-state index in [4.69, 9.17) is 14.6 Å². The SMILES string of the molecule is CC(C)(C)OC(=O)N1CC[C@@H](c2ccc(F)cc2)[C@H](COc2ccc(C(=O)O)cc2)C1. The van der Waals surface area contributed by atoms with E-state index in [9.17, 15) is 14.0 Å². The fraction of sp³-hybridized carbons (Fsp3) is 0.417. The number of nitrogens with zero attached hydrogens (tertiary/aromatic N) is 1. The average Bonchev–Trinajstić information content (AvgIpc) is 2.72. The maximum absolute atomic E-state index is 13.4. The fourth-order valence-corrected chi connectivity index (χ4v) is 3.74. The highest BCUT2D eigenvalue weighted by atomic mass is 19.1. The van der Waals surface area contributed by atoms with E-state index in [2.05, 4.69) is 0 Å². The molecule has 2 aromatic carbocycles. The van der Waals surface area contributed by atoms with Crippen LogP contribution in [0.4, 0.5) is 9.18 Å². The molecule has 166 valence electrons. The van der Waals surface area contributed by atoms with Crippen molar-refractivity contribution in [3.8, 4) is 5.75 Å². The normalized spacial score (nSPS) is 19.0. The number of halogens is 1. The topological polar surface area (TPSA) is 76.1 Å². The number of carboxylic acids is 1. The average molecular weight is 429 g/mol. The van der Waals surface area contributed by atoms with Crippen molar-refractivity contribution in [1.82, 2.24) is 4.90 Å². The van der Waals surface area contributed by atoms with Gasteiger partial charge in [-0.1, -0.05) is 12.1 Å². The maximum atomic E-state index is 13.4. The summed E-state index contributed by atoms with van der Waals surface area (Å²) in [7, 11) is 0. The Bertz CT molecular complexity index is 905. The van der Waals surface area contributed by atoms with Gasteiger partial charge in [0.05, 0.1) is 12.2 Å². The maximum Gasteiger partial charge on any atom is 0.410 e. The zero-order valence-corrected chi connectivity index (χ0v) is 18.0. The van der Waals surface area contributed by atoms with Gasteiger partial charge < -0.3 is 19.5 Å². The predicted octanol–water partition coefficient (Wildman–Crippen LogP) is 4.94. The summed E-state index contributed by atoms with van der Waals surface area (Å²) in [5, 5.41) is 9.03. The number of carbonyl (C=O) groups excluding carboxylic acids is 1. The van der Waals surface area contributed by atoms with Crippen molar-refractivity contribution >= 4 is 12.1 Å². The van der Waals surface area contributed by atoms with Gasteiger partial charge in [-0.05, 0) is 75.1 Å². The van der Waals surface area contributed by atoms with Crippen molar-refractivity contribution in [1.29, 1.82) is 0 Å². The van der Waals surface area contributed by atoms with E-state index in [0.29, 0.717) is 31.9 Å². The van der Waals surface area contributed by atoms with Crippen molar-refractivity contribution in [3.05, 3.63) is 65.5 Å². The molecule has 1 heterocycles. The molecule has 0 saturated carbocycles. The number of hydrogen-bond acceptors (Lipinski definition) is 4. The summed E-state index contributed by atoms with van der Waals surface area (Å²) in [4.78, 5) is 25.3. The van der Waals surface area contributed by atoms with Crippen molar-refractivity contribution in [3.63, 3.8) is 0 Å². The molecule has 1 aliphatic heterocycles. The van der Waals surface area contributed by atoms with Crippen LogP contribution in [0.5, 0.6) is 5.75 Å². The van der Waals surface area contributed by atoms with Gasteiger partial charge in [-0.25, -0.2) is 14.0 Å². The van der Waals surface area contributed by atoms with Gasteiger partial charge in [0.25, 0.3) is 0 Å².